The summed E-state index contributed by atoms with van der Waals surface area (Å²) in [4.78, 5) is 21.0. The number of aromatic nitrogens is 1. The first-order chi connectivity index (χ1) is 13.0. The van der Waals surface area contributed by atoms with Gasteiger partial charge in [-0.25, -0.2) is 14.2 Å². The number of amides is 2. The average Bonchev–Trinajstić information content (AvgIpc) is 2.68. The lowest BCUT2D eigenvalue weighted by Gasteiger charge is -2.36. The van der Waals surface area contributed by atoms with E-state index < -0.39 is 5.82 Å². The smallest absolute Gasteiger partial charge is 0.317 e. The SMILES string of the molecule is COc1ccc([C@H](C)NC(=O)N2CCN(c3ncccc3C)CC2)cc1F. The first-order valence-electron chi connectivity index (χ1n) is 9.05. The molecule has 1 aromatic heterocycles. The fourth-order valence-electron chi connectivity index (χ4n) is 3.24. The number of nitrogens with zero attached hydrogens (tertiary/aromatic N) is 3. The number of carbonyl (C=O) groups excluding carboxylic acids is 1. The van der Waals surface area contributed by atoms with E-state index in [1.54, 1.807) is 23.2 Å². The highest BCUT2D eigenvalue weighted by Gasteiger charge is 2.24. The van der Waals surface area contributed by atoms with Gasteiger partial charge < -0.3 is 19.9 Å². The molecule has 1 N–H and O–H groups in total. The summed E-state index contributed by atoms with van der Waals surface area (Å²) < 4.78 is 18.8. The minimum atomic E-state index is -0.435. The Balaban J connectivity index is 1.56. The monoisotopic (exact) mass is 372 g/mol. The number of hydrogen-bond acceptors (Lipinski definition) is 4. The number of urea groups is 1. The Hall–Kier alpha value is -2.83. The summed E-state index contributed by atoms with van der Waals surface area (Å²) in [7, 11) is 1.43. The average molecular weight is 372 g/mol. The molecule has 0 unspecified atom stereocenters. The highest BCUT2D eigenvalue weighted by molar-refractivity contribution is 5.75. The maximum atomic E-state index is 13.9. The molecule has 2 heterocycles. The van der Waals surface area contributed by atoms with Crippen LogP contribution >= 0.6 is 0 Å². The molecule has 0 aliphatic carbocycles. The van der Waals surface area contributed by atoms with E-state index in [4.69, 9.17) is 4.74 Å². The summed E-state index contributed by atoms with van der Waals surface area (Å²) >= 11 is 0. The predicted octanol–water partition coefficient (Wildman–Crippen LogP) is 3.13. The van der Waals surface area contributed by atoms with Crippen molar-refractivity contribution in [3.8, 4) is 5.75 Å². The molecular formula is C20H25FN4O2. The molecular weight excluding hydrogens is 347 g/mol. The third-order valence-electron chi connectivity index (χ3n) is 4.86. The van der Waals surface area contributed by atoms with Crippen LogP contribution in [-0.2, 0) is 0 Å². The van der Waals surface area contributed by atoms with E-state index in [1.807, 2.05) is 26.0 Å². The summed E-state index contributed by atoms with van der Waals surface area (Å²) in [5.74, 6) is 0.730. The Bertz CT molecular complexity index is 806. The number of carbonyl (C=O) groups is 1. The van der Waals surface area contributed by atoms with Gasteiger partial charge in [-0.1, -0.05) is 12.1 Å². The summed E-state index contributed by atoms with van der Waals surface area (Å²) in [5, 5.41) is 2.94. The normalized spacial score (nSPS) is 15.4. The van der Waals surface area contributed by atoms with Crippen LogP contribution in [0.25, 0.3) is 0 Å². The molecule has 6 nitrogen and oxygen atoms in total. The largest absolute Gasteiger partial charge is 0.494 e. The number of pyridine rings is 1. The molecule has 0 spiro atoms. The molecule has 1 aromatic carbocycles. The highest BCUT2D eigenvalue weighted by atomic mass is 19.1. The minimum absolute atomic E-state index is 0.142. The number of aryl methyl sites for hydroxylation is 1. The van der Waals surface area contributed by atoms with Crippen LogP contribution in [0.2, 0.25) is 0 Å². The molecule has 1 aliphatic heterocycles. The van der Waals surface area contributed by atoms with Gasteiger partial charge in [0.1, 0.15) is 5.82 Å². The van der Waals surface area contributed by atoms with E-state index in [0.717, 1.165) is 24.5 Å². The second-order valence-corrected chi connectivity index (χ2v) is 6.68. The number of rotatable bonds is 4. The van der Waals surface area contributed by atoms with E-state index in [2.05, 4.69) is 15.2 Å². The third kappa shape index (κ3) is 4.30. The summed E-state index contributed by atoms with van der Waals surface area (Å²) in [6, 6.07) is 8.25. The van der Waals surface area contributed by atoms with Crippen LogP contribution < -0.4 is 15.0 Å². The fraction of sp³-hybridized carbons (Fsp3) is 0.400. The number of ether oxygens (including phenoxy) is 1. The van der Waals surface area contributed by atoms with Crippen LogP contribution in [0, 0.1) is 12.7 Å². The standard InChI is InChI=1S/C20H25FN4O2/c1-14-5-4-8-22-19(14)24-9-11-25(12-10-24)20(26)23-15(2)16-6-7-18(27-3)17(21)13-16/h4-8,13,15H,9-12H2,1-3H3,(H,23,26)/t15-/m0/s1. The van der Waals surface area contributed by atoms with E-state index >= 15 is 0 Å². The van der Waals surface area contributed by atoms with Crippen molar-refractivity contribution in [3.63, 3.8) is 0 Å². The van der Waals surface area contributed by atoms with Crippen molar-refractivity contribution in [3.05, 3.63) is 53.5 Å². The van der Waals surface area contributed by atoms with Crippen LogP contribution in [0.3, 0.4) is 0 Å². The van der Waals surface area contributed by atoms with Gasteiger partial charge in [-0.15, -0.1) is 0 Å². The Morgan fingerprint density at radius 1 is 1.26 bits per heavy atom. The van der Waals surface area contributed by atoms with E-state index in [0.29, 0.717) is 18.7 Å². The second-order valence-electron chi connectivity index (χ2n) is 6.68. The van der Waals surface area contributed by atoms with Gasteiger partial charge in [-0.3, -0.25) is 0 Å². The van der Waals surface area contributed by atoms with Gasteiger partial charge in [0.15, 0.2) is 11.6 Å². The van der Waals surface area contributed by atoms with Gasteiger partial charge >= 0.3 is 6.03 Å². The molecule has 2 aromatic rings. The highest BCUT2D eigenvalue weighted by Crippen LogP contribution is 2.22. The van der Waals surface area contributed by atoms with Gasteiger partial charge in [0.25, 0.3) is 0 Å². The Morgan fingerprint density at radius 3 is 2.63 bits per heavy atom. The molecule has 7 heteroatoms. The van der Waals surface area contributed by atoms with Crippen LogP contribution in [0.1, 0.15) is 24.1 Å². The second kappa shape index (κ2) is 8.24. The number of halogens is 1. The molecule has 0 radical (unpaired) electrons. The molecule has 1 aliphatic rings. The zero-order chi connectivity index (χ0) is 19.4. The van der Waals surface area contributed by atoms with Gasteiger partial charge in [-0.05, 0) is 43.2 Å². The first kappa shape index (κ1) is 18.9. The zero-order valence-corrected chi connectivity index (χ0v) is 15.9. The number of nitrogens with one attached hydrogen (secondary N) is 1. The lowest BCUT2D eigenvalue weighted by Crippen LogP contribution is -2.52. The molecule has 3 rings (SSSR count). The van der Waals surface area contributed by atoms with Crippen molar-refractivity contribution < 1.29 is 13.9 Å². The number of methoxy groups -OCH3 is 1. The molecule has 1 saturated heterocycles. The molecule has 0 bridgehead atoms. The number of anilines is 1. The lowest BCUT2D eigenvalue weighted by atomic mass is 10.1. The van der Waals surface area contributed by atoms with Crippen LogP contribution in [0.15, 0.2) is 36.5 Å². The van der Waals surface area contributed by atoms with Crippen molar-refractivity contribution in [2.75, 3.05) is 38.2 Å². The topological polar surface area (TPSA) is 57.7 Å². The van der Waals surface area contributed by atoms with Crippen molar-refractivity contribution in [1.29, 1.82) is 0 Å². The molecule has 0 saturated carbocycles. The Labute approximate surface area is 158 Å². The van der Waals surface area contributed by atoms with Crippen molar-refractivity contribution in [2.24, 2.45) is 0 Å². The molecule has 1 fully saturated rings. The zero-order valence-electron chi connectivity index (χ0n) is 15.9. The predicted molar refractivity (Wildman–Crippen MR) is 103 cm³/mol. The Kier molecular flexibility index (Phi) is 5.78. The first-order valence-corrected chi connectivity index (χ1v) is 9.05. The van der Waals surface area contributed by atoms with Gasteiger partial charge in [0.05, 0.1) is 13.2 Å². The van der Waals surface area contributed by atoms with Crippen LogP contribution in [-0.4, -0.2) is 49.2 Å². The van der Waals surface area contributed by atoms with Crippen molar-refractivity contribution in [2.45, 2.75) is 19.9 Å². The van der Waals surface area contributed by atoms with Crippen molar-refractivity contribution >= 4 is 11.8 Å². The van der Waals surface area contributed by atoms with Gasteiger partial charge in [0.2, 0.25) is 0 Å². The number of benzene rings is 1. The molecule has 1 atom stereocenters. The summed E-state index contributed by atoms with van der Waals surface area (Å²) in [5.41, 5.74) is 1.83. The number of piperazine rings is 1. The molecule has 27 heavy (non-hydrogen) atoms. The maximum Gasteiger partial charge on any atom is 0.317 e. The maximum absolute atomic E-state index is 13.9. The summed E-state index contributed by atoms with van der Waals surface area (Å²) in [6.45, 7) is 6.58. The molecule has 2 amide bonds. The Morgan fingerprint density at radius 2 is 2.00 bits per heavy atom. The fourth-order valence-corrected chi connectivity index (χ4v) is 3.24. The van der Waals surface area contributed by atoms with Gasteiger partial charge in [0, 0.05) is 32.4 Å². The third-order valence-corrected chi connectivity index (χ3v) is 4.86. The molecule has 144 valence electrons. The van der Waals surface area contributed by atoms with Crippen molar-refractivity contribution in [1.82, 2.24) is 15.2 Å². The van der Waals surface area contributed by atoms with E-state index in [-0.39, 0.29) is 17.8 Å². The van der Waals surface area contributed by atoms with Crippen LogP contribution in [0.5, 0.6) is 5.75 Å². The van der Waals surface area contributed by atoms with E-state index in [1.165, 1.54) is 13.2 Å². The minimum Gasteiger partial charge on any atom is -0.494 e. The van der Waals surface area contributed by atoms with E-state index in [9.17, 15) is 9.18 Å². The quantitative estimate of drug-likeness (QED) is 0.896. The van der Waals surface area contributed by atoms with Crippen LogP contribution in [0.4, 0.5) is 15.0 Å². The lowest BCUT2D eigenvalue weighted by molar-refractivity contribution is 0.191. The number of hydrogen-bond donors (Lipinski definition) is 1. The van der Waals surface area contributed by atoms with Gasteiger partial charge in [-0.2, -0.15) is 0 Å². The summed E-state index contributed by atoms with van der Waals surface area (Å²) in [6.07, 6.45) is 1.79.